The van der Waals surface area contributed by atoms with Gasteiger partial charge in [-0.2, -0.15) is 0 Å². The van der Waals surface area contributed by atoms with E-state index in [0.717, 1.165) is 32.4 Å². The van der Waals surface area contributed by atoms with Gasteiger partial charge in [0.25, 0.3) is 0 Å². The van der Waals surface area contributed by atoms with Crippen LogP contribution >= 0.6 is 0 Å². The Balaban J connectivity index is 1.64. The summed E-state index contributed by atoms with van der Waals surface area (Å²) in [5.41, 5.74) is 0. The third-order valence-corrected chi connectivity index (χ3v) is 4.44. The zero-order chi connectivity index (χ0) is 11.2. The fourth-order valence-corrected chi connectivity index (χ4v) is 3.48. The van der Waals surface area contributed by atoms with E-state index < -0.39 is 0 Å². The van der Waals surface area contributed by atoms with Crippen LogP contribution in [0.3, 0.4) is 0 Å². The van der Waals surface area contributed by atoms with Crippen molar-refractivity contribution in [3.05, 3.63) is 0 Å². The van der Waals surface area contributed by atoms with Crippen LogP contribution in [0.4, 0.5) is 0 Å². The quantitative estimate of drug-likeness (QED) is 0.742. The monoisotopic (exact) mass is 223 g/mol. The molecule has 0 spiro atoms. The van der Waals surface area contributed by atoms with Crippen molar-refractivity contribution in [1.29, 1.82) is 0 Å². The van der Waals surface area contributed by atoms with Crippen LogP contribution in [0.1, 0.15) is 64.2 Å². The average molecular weight is 223 g/mol. The summed E-state index contributed by atoms with van der Waals surface area (Å²) < 4.78 is 5.15. The third-order valence-electron chi connectivity index (χ3n) is 4.44. The maximum Gasteiger partial charge on any atom is 0.485 e. The van der Waals surface area contributed by atoms with Gasteiger partial charge in [0.1, 0.15) is 0 Å². The molecule has 0 amide bonds. The van der Waals surface area contributed by atoms with Gasteiger partial charge in [0.2, 0.25) is 0 Å². The minimum atomic E-state index is 0.285. The van der Waals surface area contributed by atoms with E-state index in [2.05, 4.69) is 0 Å². The summed E-state index contributed by atoms with van der Waals surface area (Å²) in [6.45, 7) is 0. The molecule has 2 aliphatic rings. The molecule has 2 saturated carbocycles. The van der Waals surface area contributed by atoms with Crippen molar-refractivity contribution in [2.75, 3.05) is 0 Å². The van der Waals surface area contributed by atoms with Crippen LogP contribution in [-0.4, -0.2) is 18.8 Å². The zero-order valence-corrected chi connectivity index (χ0v) is 10.2. The first-order valence-electron chi connectivity index (χ1n) is 7.00. The van der Waals surface area contributed by atoms with Gasteiger partial charge in [0.15, 0.2) is 0 Å². The standard InChI is InChI=1S/C13H24BO2/c15-14-16-13-8-6-12(7-9-13)10-11-4-2-1-3-5-11/h11-13,15H,1-10H2. The van der Waals surface area contributed by atoms with Crippen LogP contribution in [0.2, 0.25) is 0 Å². The molecular weight excluding hydrogens is 199 g/mol. The van der Waals surface area contributed by atoms with Crippen LogP contribution in [0.5, 0.6) is 0 Å². The lowest BCUT2D eigenvalue weighted by Crippen LogP contribution is -2.24. The van der Waals surface area contributed by atoms with Gasteiger partial charge in [0, 0.05) is 6.10 Å². The van der Waals surface area contributed by atoms with Crippen LogP contribution in [-0.2, 0) is 4.65 Å². The Morgan fingerprint density at radius 3 is 2.12 bits per heavy atom. The summed E-state index contributed by atoms with van der Waals surface area (Å²) in [5, 5.41) is 8.60. The number of hydrogen-bond acceptors (Lipinski definition) is 2. The summed E-state index contributed by atoms with van der Waals surface area (Å²) in [4.78, 5) is 0. The SMILES string of the molecule is O[B]OC1CCC(CC2CCCCC2)CC1. The Kier molecular flexibility index (Phi) is 5.18. The van der Waals surface area contributed by atoms with E-state index in [1.54, 1.807) is 0 Å². The van der Waals surface area contributed by atoms with Gasteiger partial charge < -0.3 is 9.68 Å². The van der Waals surface area contributed by atoms with Gasteiger partial charge >= 0.3 is 7.69 Å². The second-order valence-electron chi connectivity index (χ2n) is 5.62. The zero-order valence-electron chi connectivity index (χ0n) is 10.2. The highest BCUT2D eigenvalue weighted by Crippen LogP contribution is 2.35. The topological polar surface area (TPSA) is 29.5 Å². The normalized spacial score (nSPS) is 32.6. The molecule has 1 N–H and O–H groups in total. The smallest absolute Gasteiger partial charge is 0.429 e. The van der Waals surface area contributed by atoms with Gasteiger partial charge in [-0.3, -0.25) is 0 Å². The van der Waals surface area contributed by atoms with Gasteiger partial charge in [-0.05, 0) is 43.9 Å². The maximum absolute atomic E-state index is 8.60. The van der Waals surface area contributed by atoms with E-state index in [4.69, 9.17) is 9.68 Å². The molecule has 0 aromatic carbocycles. The van der Waals surface area contributed by atoms with Crippen molar-refractivity contribution in [2.24, 2.45) is 11.8 Å². The first-order valence-corrected chi connectivity index (χ1v) is 7.00. The molecule has 0 aromatic rings. The number of hydrogen-bond donors (Lipinski definition) is 1. The fraction of sp³-hybridized carbons (Fsp3) is 1.00. The Morgan fingerprint density at radius 2 is 1.50 bits per heavy atom. The molecule has 0 atom stereocenters. The highest BCUT2D eigenvalue weighted by molar-refractivity contribution is 6.15. The van der Waals surface area contributed by atoms with E-state index >= 15 is 0 Å². The third kappa shape index (κ3) is 3.78. The molecule has 2 fully saturated rings. The van der Waals surface area contributed by atoms with E-state index in [1.165, 1.54) is 51.4 Å². The largest absolute Gasteiger partial charge is 0.485 e. The molecule has 16 heavy (non-hydrogen) atoms. The maximum atomic E-state index is 8.60. The van der Waals surface area contributed by atoms with Gasteiger partial charge in [-0.1, -0.05) is 32.1 Å². The molecular formula is C13H24BO2. The summed E-state index contributed by atoms with van der Waals surface area (Å²) >= 11 is 0. The summed E-state index contributed by atoms with van der Waals surface area (Å²) in [6.07, 6.45) is 13.9. The molecule has 0 bridgehead atoms. The molecule has 0 heterocycles. The van der Waals surface area contributed by atoms with E-state index in [0.29, 0.717) is 0 Å². The highest BCUT2D eigenvalue weighted by Gasteiger charge is 2.24. The lowest BCUT2D eigenvalue weighted by Gasteiger charge is -2.32. The fourth-order valence-electron chi connectivity index (χ4n) is 3.48. The lowest BCUT2D eigenvalue weighted by atomic mass is 9.77. The second kappa shape index (κ2) is 6.66. The first-order chi connectivity index (χ1) is 7.88. The van der Waals surface area contributed by atoms with E-state index in [1.807, 2.05) is 0 Å². The average Bonchev–Trinajstić information content (AvgIpc) is 2.33. The highest BCUT2D eigenvalue weighted by atomic mass is 16.5. The molecule has 0 aliphatic heterocycles. The van der Waals surface area contributed by atoms with Crippen LogP contribution in [0, 0.1) is 11.8 Å². The van der Waals surface area contributed by atoms with Crippen LogP contribution in [0.25, 0.3) is 0 Å². The molecule has 0 aromatic heterocycles. The molecule has 2 rings (SSSR count). The van der Waals surface area contributed by atoms with Gasteiger partial charge in [-0.15, -0.1) is 0 Å². The first kappa shape index (κ1) is 12.4. The van der Waals surface area contributed by atoms with Crippen molar-refractivity contribution in [2.45, 2.75) is 70.3 Å². The number of rotatable bonds is 4. The lowest BCUT2D eigenvalue weighted by molar-refractivity contribution is 0.108. The van der Waals surface area contributed by atoms with Crippen molar-refractivity contribution >= 4 is 7.69 Å². The molecule has 2 aliphatic carbocycles. The van der Waals surface area contributed by atoms with Gasteiger partial charge in [0.05, 0.1) is 0 Å². The molecule has 0 unspecified atom stereocenters. The van der Waals surface area contributed by atoms with Gasteiger partial charge in [-0.25, -0.2) is 0 Å². The van der Waals surface area contributed by atoms with Crippen molar-refractivity contribution in [3.8, 4) is 0 Å². The predicted octanol–water partition coefficient (Wildman–Crippen LogP) is 3.06. The molecule has 1 radical (unpaired) electrons. The summed E-state index contributed by atoms with van der Waals surface area (Å²) in [6, 6.07) is 0. The van der Waals surface area contributed by atoms with E-state index in [-0.39, 0.29) is 6.10 Å². The minimum Gasteiger partial charge on any atom is -0.429 e. The van der Waals surface area contributed by atoms with Crippen molar-refractivity contribution in [1.82, 2.24) is 0 Å². The van der Waals surface area contributed by atoms with Crippen molar-refractivity contribution in [3.63, 3.8) is 0 Å². The van der Waals surface area contributed by atoms with Crippen LogP contribution in [0.15, 0.2) is 0 Å². The summed E-state index contributed by atoms with van der Waals surface area (Å²) in [7, 11) is 0.867. The molecule has 0 saturated heterocycles. The molecule has 3 heteroatoms. The molecule has 91 valence electrons. The molecule has 2 nitrogen and oxygen atoms in total. The second-order valence-corrected chi connectivity index (χ2v) is 5.62. The van der Waals surface area contributed by atoms with Crippen molar-refractivity contribution < 1.29 is 9.68 Å². The predicted molar refractivity (Wildman–Crippen MR) is 66.0 cm³/mol. The van der Waals surface area contributed by atoms with Crippen LogP contribution < -0.4 is 0 Å². The Labute approximate surface area is 100 Å². The minimum absolute atomic E-state index is 0.285. The van der Waals surface area contributed by atoms with E-state index in [9.17, 15) is 0 Å². The Morgan fingerprint density at radius 1 is 0.875 bits per heavy atom. The Hall–Kier alpha value is -0.0151. The Bertz CT molecular complexity index is 184. The summed E-state index contributed by atoms with van der Waals surface area (Å²) in [5.74, 6) is 1.95.